The van der Waals surface area contributed by atoms with Crippen LogP contribution in [0.3, 0.4) is 0 Å². The van der Waals surface area contributed by atoms with Gasteiger partial charge in [-0.2, -0.15) is 0 Å². The minimum absolute atomic E-state index is 0.118. The van der Waals surface area contributed by atoms with Gasteiger partial charge in [0, 0.05) is 36.1 Å². The topological polar surface area (TPSA) is 103 Å². The molecule has 3 rings (SSSR count). The predicted octanol–water partition coefficient (Wildman–Crippen LogP) is 3.51. The van der Waals surface area contributed by atoms with Crippen molar-refractivity contribution in [2.45, 2.75) is 26.0 Å². The average molecular weight is 381 g/mol. The second-order valence-corrected chi connectivity index (χ2v) is 6.25. The number of nitrogens with one attached hydrogen (secondary N) is 1. The molecule has 1 heterocycles. The molecule has 1 amide bonds. The van der Waals surface area contributed by atoms with Gasteiger partial charge in [0.25, 0.3) is 11.6 Å². The number of non-ortho nitro benzene ring substituents is 1. The Morgan fingerprint density at radius 3 is 2.75 bits per heavy atom. The molecular weight excluding hydrogens is 362 g/mol. The molecule has 0 saturated heterocycles. The molecule has 2 aromatic carbocycles. The minimum Gasteiger partial charge on any atom is -0.452 e. The predicted molar refractivity (Wildman–Crippen MR) is 104 cm³/mol. The Labute approximate surface area is 160 Å². The van der Waals surface area contributed by atoms with E-state index in [-0.39, 0.29) is 17.8 Å². The largest absolute Gasteiger partial charge is 0.452 e. The fourth-order valence-electron chi connectivity index (χ4n) is 2.80. The van der Waals surface area contributed by atoms with Crippen molar-refractivity contribution < 1.29 is 19.2 Å². The number of fused-ring (bicyclic) bond motifs is 1. The quantitative estimate of drug-likeness (QED) is 0.383. The van der Waals surface area contributed by atoms with Crippen molar-refractivity contribution in [3.05, 3.63) is 70.9 Å². The van der Waals surface area contributed by atoms with E-state index in [4.69, 9.17) is 4.74 Å². The highest BCUT2D eigenvalue weighted by Gasteiger charge is 2.19. The summed E-state index contributed by atoms with van der Waals surface area (Å²) in [6, 6.07) is 15.4. The van der Waals surface area contributed by atoms with Gasteiger partial charge in [-0.25, -0.2) is 0 Å². The Hall–Kier alpha value is -3.68. The summed E-state index contributed by atoms with van der Waals surface area (Å²) in [7, 11) is 0. The van der Waals surface area contributed by atoms with Crippen LogP contribution in [0, 0.1) is 10.1 Å². The van der Waals surface area contributed by atoms with Crippen LogP contribution in [0.4, 0.5) is 11.4 Å². The SMILES string of the molecule is CC(OC(=O)CCn1ccc2ccccc21)C(=O)Nc1cccc([N+](=O)[O-])c1. The van der Waals surface area contributed by atoms with Gasteiger partial charge in [0.2, 0.25) is 0 Å². The zero-order valence-electron chi connectivity index (χ0n) is 15.2. The van der Waals surface area contributed by atoms with Gasteiger partial charge >= 0.3 is 5.97 Å². The molecule has 0 fully saturated rings. The molecule has 0 saturated carbocycles. The highest BCUT2D eigenvalue weighted by Crippen LogP contribution is 2.18. The van der Waals surface area contributed by atoms with Gasteiger partial charge in [-0.05, 0) is 30.5 Å². The number of nitro groups is 1. The van der Waals surface area contributed by atoms with Crippen molar-refractivity contribution >= 4 is 34.2 Å². The van der Waals surface area contributed by atoms with E-state index in [1.807, 2.05) is 41.1 Å². The van der Waals surface area contributed by atoms with Gasteiger partial charge in [0.1, 0.15) is 0 Å². The summed E-state index contributed by atoms with van der Waals surface area (Å²) in [5.74, 6) is -1.06. The lowest BCUT2D eigenvalue weighted by atomic mass is 10.2. The Morgan fingerprint density at radius 1 is 1.18 bits per heavy atom. The number of ether oxygens (including phenoxy) is 1. The number of para-hydroxylation sites is 1. The average Bonchev–Trinajstić information content (AvgIpc) is 3.09. The molecule has 0 aliphatic carbocycles. The van der Waals surface area contributed by atoms with Crippen molar-refractivity contribution in [2.24, 2.45) is 0 Å². The van der Waals surface area contributed by atoms with Crippen LogP contribution in [0.15, 0.2) is 60.8 Å². The van der Waals surface area contributed by atoms with Crippen LogP contribution >= 0.6 is 0 Å². The number of hydrogen-bond acceptors (Lipinski definition) is 5. The van der Waals surface area contributed by atoms with Crippen LogP contribution in [0.25, 0.3) is 10.9 Å². The molecule has 144 valence electrons. The number of carbonyl (C=O) groups is 2. The second kappa shape index (κ2) is 8.34. The summed E-state index contributed by atoms with van der Waals surface area (Å²) >= 11 is 0. The van der Waals surface area contributed by atoms with Gasteiger partial charge < -0.3 is 14.6 Å². The summed E-state index contributed by atoms with van der Waals surface area (Å²) in [5, 5.41) is 14.4. The summed E-state index contributed by atoms with van der Waals surface area (Å²) in [5.41, 5.74) is 1.15. The van der Waals surface area contributed by atoms with E-state index in [1.165, 1.54) is 31.2 Å². The highest BCUT2D eigenvalue weighted by molar-refractivity contribution is 5.95. The Kier molecular flexibility index (Phi) is 5.69. The smallest absolute Gasteiger partial charge is 0.308 e. The lowest BCUT2D eigenvalue weighted by molar-refractivity contribution is -0.384. The lowest BCUT2D eigenvalue weighted by Gasteiger charge is -2.14. The van der Waals surface area contributed by atoms with Crippen molar-refractivity contribution in [1.29, 1.82) is 0 Å². The molecule has 3 aromatic rings. The third-order valence-electron chi connectivity index (χ3n) is 4.24. The summed E-state index contributed by atoms with van der Waals surface area (Å²) < 4.78 is 7.12. The Morgan fingerprint density at radius 2 is 1.96 bits per heavy atom. The number of anilines is 1. The molecule has 1 N–H and O–H groups in total. The molecule has 28 heavy (non-hydrogen) atoms. The van der Waals surface area contributed by atoms with Crippen molar-refractivity contribution in [2.75, 3.05) is 5.32 Å². The standard InChI is InChI=1S/C20H19N3O5/c1-14(20(25)21-16-6-4-7-17(13-16)23(26)27)28-19(24)10-12-22-11-9-15-5-2-3-8-18(15)22/h2-9,11,13-14H,10,12H2,1H3,(H,21,25). The second-order valence-electron chi connectivity index (χ2n) is 6.25. The number of aromatic nitrogens is 1. The summed E-state index contributed by atoms with van der Waals surface area (Å²) in [4.78, 5) is 34.5. The third-order valence-corrected chi connectivity index (χ3v) is 4.24. The molecule has 0 aliphatic heterocycles. The van der Waals surface area contributed by atoms with E-state index in [1.54, 1.807) is 0 Å². The Bertz CT molecular complexity index is 1030. The van der Waals surface area contributed by atoms with Gasteiger partial charge in [-0.3, -0.25) is 19.7 Å². The van der Waals surface area contributed by atoms with Crippen LogP contribution in [-0.2, 0) is 20.9 Å². The fraction of sp³-hybridized carbons (Fsp3) is 0.200. The molecule has 8 nitrogen and oxygen atoms in total. The van der Waals surface area contributed by atoms with E-state index in [9.17, 15) is 19.7 Å². The monoisotopic (exact) mass is 381 g/mol. The van der Waals surface area contributed by atoms with Crippen LogP contribution in [0.2, 0.25) is 0 Å². The highest BCUT2D eigenvalue weighted by atomic mass is 16.6. The van der Waals surface area contributed by atoms with Gasteiger partial charge in [-0.1, -0.05) is 24.3 Å². The first-order chi connectivity index (χ1) is 13.4. The van der Waals surface area contributed by atoms with Crippen LogP contribution < -0.4 is 5.32 Å². The maximum Gasteiger partial charge on any atom is 0.308 e. The molecule has 1 unspecified atom stereocenters. The minimum atomic E-state index is -1.02. The number of hydrogen-bond donors (Lipinski definition) is 1. The maximum atomic E-state index is 12.2. The first-order valence-electron chi connectivity index (χ1n) is 8.73. The number of benzene rings is 2. The molecule has 0 radical (unpaired) electrons. The molecule has 0 aliphatic rings. The van der Waals surface area contributed by atoms with E-state index in [0.717, 1.165) is 10.9 Å². The number of rotatable bonds is 7. The van der Waals surface area contributed by atoms with Crippen LogP contribution in [0.1, 0.15) is 13.3 Å². The van der Waals surface area contributed by atoms with E-state index >= 15 is 0 Å². The number of esters is 1. The number of nitrogens with zero attached hydrogens (tertiary/aromatic N) is 2. The normalized spacial score (nSPS) is 11.8. The summed E-state index contributed by atoms with van der Waals surface area (Å²) in [6.45, 7) is 1.89. The van der Waals surface area contributed by atoms with E-state index in [2.05, 4.69) is 5.32 Å². The van der Waals surface area contributed by atoms with Crippen molar-refractivity contribution in [3.8, 4) is 0 Å². The zero-order valence-corrected chi connectivity index (χ0v) is 15.2. The van der Waals surface area contributed by atoms with Gasteiger partial charge in [-0.15, -0.1) is 0 Å². The number of carbonyl (C=O) groups excluding carboxylic acids is 2. The molecule has 8 heteroatoms. The number of amides is 1. The first kappa shape index (κ1) is 19.1. The third kappa shape index (κ3) is 4.53. The lowest BCUT2D eigenvalue weighted by Crippen LogP contribution is -2.30. The van der Waals surface area contributed by atoms with Crippen molar-refractivity contribution in [3.63, 3.8) is 0 Å². The number of nitro benzene ring substituents is 1. The summed E-state index contributed by atoms with van der Waals surface area (Å²) in [6.07, 6.45) is 0.997. The van der Waals surface area contributed by atoms with Gasteiger partial charge in [0.15, 0.2) is 6.10 Å². The van der Waals surface area contributed by atoms with Gasteiger partial charge in [0.05, 0.1) is 11.3 Å². The molecule has 0 spiro atoms. The fourth-order valence-corrected chi connectivity index (χ4v) is 2.80. The first-order valence-corrected chi connectivity index (χ1v) is 8.73. The number of aryl methyl sites for hydroxylation is 1. The Balaban J connectivity index is 1.52. The van der Waals surface area contributed by atoms with Crippen LogP contribution in [-0.4, -0.2) is 27.5 Å². The zero-order chi connectivity index (χ0) is 20.1. The molecular formula is C20H19N3O5. The van der Waals surface area contributed by atoms with E-state index in [0.29, 0.717) is 6.54 Å². The molecule has 0 bridgehead atoms. The molecule has 1 aromatic heterocycles. The molecule has 1 atom stereocenters. The van der Waals surface area contributed by atoms with Crippen LogP contribution in [0.5, 0.6) is 0 Å². The van der Waals surface area contributed by atoms with Crippen molar-refractivity contribution in [1.82, 2.24) is 4.57 Å². The van der Waals surface area contributed by atoms with E-state index < -0.39 is 22.9 Å². The maximum absolute atomic E-state index is 12.2.